The molecule has 134 valence electrons. The third kappa shape index (κ3) is 2.51. The van der Waals surface area contributed by atoms with Gasteiger partial charge in [-0.3, -0.25) is 9.48 Å². The number of primary amides is 1. The SMILES string of the molecule is NC(=O)c1cnn2c1CC(CNc1ncnc3c1ncn3C1CC1)CC2. The van der Waals surface area contributed by atoms with E-state index in [1.807, 2.05) is 11.0 Å². The van der Waals surface area contributed by atoms with Crippen molar-refractivity contribution in [2.75, 3.05) is 11.9 Å². The molecule has 1 unspecified atom stereocenters. The summed E-state index contributed by atoms with van der Waals surface area (Å²) in [5, 5.41) is 7.69. The Morgan fingerprint density at radius 3 is 2.96 bits per heavy atom. The van der Waals surface area contributed by atoms with Gasteiger partial charge < -0.3 is 15.6 Å². The smallest absolute Gasteiger partial charge is 0.252 e. The highest BCUT2D eigenvalue weighted by Gasteiger charge is 2.27. The van der Waals surface area contributed by atoms with E-state index < -0.39 is 5.91 Å². The van der Waals surface area contributed by atoms with E-state index in [1.165, 1.54) is 12.8 Å². The number of anilines is 1. The van der Waals surface area contributed by atoms with Crippen molar-refractivity contribution in [3.8, 4) is 0 Å². The zero-order valence-corrected chi connectivity index (χ0v) is 14.3. The molecule has 9 nitrogen and oxygen atoms in total. The molecule has 4 heterocycles. The van der Waals surface area contributed by atoms with Crippen LogP contribution in [0.25, 0.3) is 11.2 Å². The van der Waals surface area contributed by atoms with Crippen LogP contribution in [0.15, 0.2) is 18.9 Å². The Labute approximate surface area is 149 Å². The lowest BCUT2D eigenvalue weighted by Crippen LogP contribution is -2.27. The Bertz CT molecular complexity index is 986. The Morgan fingerprint density at radius 2 is 2.15 bits per heavy atom. The first kappa shape index (κ1) is 15.3. The lowest BCUT2D eigenvalue weighted by atomic mass is 9.94. The third-order valence-corrected chi connectivity index (χ3v) is 5.30. The number of aromatic nitrogens is 6. The highest BCUT2D eigenvalue weighted by molar-refractivity contribution is 5.93. The van der Waals surface area contributed by atoms with Crippen LogP contribution in [0.4, 0.5) is 5.82 Å². The van der Waals surface area contributed by atoms with Gasteiger partial charge in [-0.05, 0) is 31.6 Å². The highest BCUT2D eigenvalue weighted by Crippen LogP contribution is 2.37. The molecule has 1 aliphatic heterocycles. The van der Waals surface area contributed by atoms with Crippen molar-refractivity contribution in [2.45, 2.75) is 38.3 Å². The maximum Gasteiger partial charge on any atom is 0.252 e. The van der Waals surface area contributed by atoms with E-state index in [0.717, 1.165) is 48.6 Å². The number of nitrogens with zero attached hydrogens (tertiary/aromatic N) is 6. The first-order chi connectivity index (χ1) is 12.7. The monoisotopic (exact) mass is 352 g/mol. The molecule has 0 saturated heterocycles. The maximum absolute atomic E-state index is 11.6. The van der Waals surface area contributed by atoms with Crippen LogP contribution in [0.5, 0.6) is 0 Å². The average Bonchev–Trinajstić information content (AvgIpc) is 3.25. The van der Waals surface area contributed by atoms with Gasteiger partial charge in [-0.15, -0.1) is 0 Å². The van der Waals surface area contributed by atoms with Crippen molar-refractivity contribution < 1.29 is 4.79 Å². The molecule has 5 rings (SSSR count). The molecule has 0 spiro atoms. The molecular weight excluding hydrogens is 332 g/mol. The van der Waals surface area contributed by atoms with Gasteiger partial charge in [0.05, 0.1) is 23.8 Å². The van der Waals surface area contributed by atoms with Gasteiger partial charge in [0.2, 0.25) is 0 Å². The number of carbonyl (C=O) groups is 1. The Kier molecular flexibility index (Phi) is 3.41. The predicted octanol–water partition coefficient (Wildman–Crippen LogP) is 1.13. The number of carbonyl (C=O) groups excluding carboxylic acids is 1. The molecule has 1 aliphatic carbocycles. The number of rotatable bonds is 5. The molecule has 1 amide bonds. The molecule has 9 heteroatoms. The quantitative estimate of drug-likeness (QED) is 0.711. The number of fused-ring (bicyclic) bond motifs is 2. The van der Waals surface area contributed by atoms with Crippen molar-refractivity contribution in [2.24, 2.45) is 11.7 Å². The van der Waals surface area contributed by atoms with Gasteiger partial charge in [0.1, 0.15) is 11.8 Å². The van der Waals surface area contributed by atoms with Crippen molar-refractivity contribution in [1.29, 1.82) is 0 Å². The molecule has 0 bridgehead atoms. The fourth-order valence-corrected chi connectivity index (χ4v) is 3.72. The highest BCUT2D eigenvalue weighted by atomic mass is 16.1. The minimum absolute atomic E-state index is 0.382. The van der Waals surface area contributed by atoms with Crippen LogP contribution in [-0.4, -0.2) is 41.8 Å². The second-order valence-corrected chi connectivity index (χ2v) is 7.11. The van der Waals surface area contributed by atoms with Gasteiger partial charge in [-0.2, -0.15) is 5.10 Å². The summed E-state index contributed by atoms with van der Waals surface area (Å²) < 4.78 is 4.03. The zero-order valence-electron chi connectivity index (χ0n) is 14.3. The van der Waals surface area contributed by atoms with Crippen LogP contribution in [0, 0.1) is 5.92 Å². The number of hydrogen-bond donors (Lipinski definition) is 2. The molecule has 1 saturated carbocycles. The molecular formula is C17H20N8O. The normalized spacial score (nSPS) is 19.5. The number of amides is 1. The third-order valence-electron chi connectivity index (χ3n) is 5.30. The summed E-state index contributed by atoms with van der Waals surface area (Å²) in [4.78, 5) is 24.8. The van der Waals surface area contributed by atoms with E-state index in [0.29, 0.717) is 17.5 Å². The molecule has 2 aliphatic rings. The maximum atomic E-state index is 11.6. The summed E-state index contributed by atoms with van der Waals surface area (Å²) >= 11 is 0. The Morgan fingerprint density at radius 1 is 1.27 bits per heavy atom. The van der Waals surface area contributed by atoms with Crippen molar-refractivity contribution in [3.63, 3.8) is 0 Å². The summed E-state index contributed by atoms with van der Waals surface area (Å²) in [7, 11) is 0. The fraction of sp³-hybridized carbons (Fsp3) is 0.471. The van der Waals surface area contributed by atoms with Crippen LogP contribution in [0.2, 0.25) is 0 Å². The molecule has 3 aromatic rings. The summed E-state index contributed by atoms with van der Waals surface area (Å²) in [6.45, 7) is 1.55. The summed E-state index contributed by atoms with van der Waals surface area (Å²) in [6, 6.07) is 0.536. The molecule has 26 heavy (non-hydrogen) atoms. The van der Waals surface area contributed by atoms with Crippen molar-refractivity contribution in [1.82, 2.24) is 29.3 Å². The Hall–Kier alpha value is -2.97. The van der Waals surface area contributed by atoms with Gasteiger partial charge >= 0.3 is 0 Å². The Balaban J connectivity index is 1.33. The summed E-state index contributed by atoms with van der Waals surface area (Å²) in [6.07, 6.45) is 9.17. The first-order valence-corrected chi connectivity index (χ1v) is 8.96. The van der Waals surface area contributed by atoms with Gasteiger partial charge in [-0.1, -0.05) is 0 Å². The second kappa shape index (κ2) is 5.79. The molecule has 1 fully saturated rings. The number of nitrogens with one attached hydrogen (secondary N) is 1. The second-order valence-electron chi connectivity index (χ2n) is 7.11. The van der Waals surface area contributed by atoms with E-state index in [1.54, 1.807) is 12.5 Å². The fourth-order valence-electron chi connectivity index (χ4n) is 3.72. The van der Waals surface area contributed by atoms with Crippen LogP contribution in [0.3, 0.4) is 0 Å². The lowest BCUT2D eigenvalue weighted by molar-refractivity contribution is 0.0998. The van der Waals surface area contributed by atoms with E-state index in [4.69, 9.17) is 5.73 Å². The molecule has 0 aromatic carbocycles. The largest absolute Gasteiger partial charge is 0.368 e. The van der Waals surface area contributed by atoms with E-state index in [2.05, 4.69) is 29.9 Å². The molecule has 1 atom stereocenters. The number of hydrogen-bond acceptors (Lipinski definition) is 6. The minimum atomic E-state index is -0.414. The number of imidazole rings is 1. The van der Waals surface area contributed by atoms with Crippen LogP contribution >= 0.6 is 0 Å². The molecule has 0 radical (unpaired) electrons. The van der Waals surface area contributed by atoms with E-state index in [-0.39, 0.29) is 0 Å². The van der Waals surface area contributed by atoms with Crippen LogP contribution in [-0.2, 0) is 13.0 Å². The standard InChI is InChI=1S/C17H20N8O/c18-15(26)12-7-23-25-4-3-10(5-13(12)25)6-19-16-14-17(21-8-20-16)24(9-22-14)11-1-2-11/h7-11H,1-6H2,(H2,18,26)(H,19,20,21). The van der Waals surface area contributed by atoms with Crippen molar-refractivity contribution in [3.05, 3.63) is 30.1 Å². The number of aryl methyl sites for hydroxylation is 1. The average molecular weight is 352 g/mol. The minimum Gasteiger partial charge on any atom is -0.368 e. The first-order valence-electron chi connectivity index (χ1n) is 8.96. The number of nitrogens with two attached hydrogens (primary N) is 1. The van der Waals surface area contributed by atoms with Crippen molar-refractivity contribution >= 4 is 22.9 Å². The zero-order chi connectivity index (χ0) is 17.7. The van der Waals surface area contributed by atoms with E-state index >= 15 is 0 Å². The van der Waals surface area contributed by atoms with Gasteiger partial charge in [0.25, 0.3) is 5.91 Å². The lowest BCUT2D eigenvalue weighted by Gasteiger charge is -2.24. The summed E-state index contributed by atoms with van der Waals surface area (Å²) in [5.74, 6) is 0.736. The molecule has 3 aromatic heterocycles. The van der Waals surface area contributed by atoms with Gasteiger partial charge in [0, 0.05) is 19.1 Å². The van der Waals surface area contributed by atoms with E-state index in [9.17, 15) is 4.79 Å². The molecule has 3 N–H and O–H groups in total. The predicted molar refractivity (Wildman–Crippen MR) is 94.6 cm³/mol. The van der Waals surface area contributed by atoms with Crippen LogP contribution < -0.4 is 11.1 Å². The topological polar surface area (TPSA) is 117 Å². The van der Waals surface area contributed by atoms with Gasteiger partial charge in [0.15, 0.2) is 11.5 Å². The van der Waals surface area contributed by atoms with Gasteiger partial charge in [-0.25, -0.2) is 15.0 Å². The van der Waals surface area contributed by atoms with Crippen LogP contribution in [0.1, 0.15) is 41.4 Å². The summed E-state index contributed by atoms with van der Waals surface area (Å²) in [5.41, 5.74) is 8.62.